The van der Waals surface area contributed by atoms with E-state index in [-0.39, 0.29) is 0 Å². The first kappa shape index (κ1) is 11.6. The van der Waals surface area contributed by atoms with Gasteiger partial charge in [0.05, 0.1) is 0 Å². The second-order valence-corrected chi connectivity index (χ2v) is 5.23. The van der Waals surface area contributed by atoms with Gasteiger partial charge in [-0.05, 0) is 43.1 Å². The van der Waals surface area contributed by atoms with Gasteiger partial charge >= 0.3 is 0 Å². The third kappa shape index (κ3) is 2.01. The molecule has 2 rings (SSSR count). The number of hydrogen-bond donors (Lipinski definition) is 1. The Kier molecular flexibility index (Phi) is 3.33. The van der Waals surface area contributed by atoms with Crippen molar-refractivity contribution < 1.29 is 5.11 Å². The lowest BCUT2D eigenvalue weighted by Gasteiger charge is -2.52. The number of amidine groups is 1. The summed E-state index contributed by atoms with van der Waals surface area (Å²) in [5, 5.41) is 9.07. The molecule has 90 valence electrons. The molecule has 1 N–H and O–H groups in total. The maximum absolute atomic E-state index is 9.07. The molecule has 0 aromatic heterocycles. The number of aliphatic hydroxyl groups is 1. The van der Waals surface area contributed by atoms with Crippen molar-refractivity contribution in [3.63, 3.8) is 0 Å². The van der Waals surface area contributed by atoms with Crippen molar-refractivity contribution in [2.75, 3.05) is 26.7 Å². The van der Waals surface area contributed by atoms with E-state index in [0.29, 0.717) is 17.9 Å². The summed E-state index contributed by atoms with van der Waals surface area (Å²) in [5.74, 6) is 1.60. The summed E-state index contributed by atoms with van der Waals surface area (Å²) < 4.78 is 0. The summed E-state index contributed by atoms with van der Waals surface area (Å²) in [7, 11) is 1.83. The zero-order valence-electron chi connectivity index (χ0n) is 10.2. The van der Waals surface area contributed by atoms with Crippen LogP contribution in [0.4, 0.5) is 0 Å². The molecule has 0 bridgehead atoms. The molecule has 3 heteroatoms. The first-order chi connectivity index (χ1) is 7.73. The minimum Gasteiger partial charge on any atom is -0.396 e. The van der Waals surface area contributed by atoms with Gasteiger partial charge in [0.15, 0.2) is 0 Å². The van der Waals surface area contributed by atoms with E-state index in [9.17, 15) is 0 Å². The first-order valence-electron chi connectivity index (χ1n) is 6.18. The largest absolute Gasteiger partial charge is 0.396 e. The highest BCUT2D eigenvalue weighted by Gasteiger charge is 2.45. The van der Waals surface area contributed by atoms with Crippen LogP contribution in [0.5, 0.6) is 0 Å². The van der Waals surface area contributed by atoms with Gasteiger partial charge in [-0.1, -0.05) is 6.58 Å². The Balaban J connectivity index is 1.86. The van der Waals surface area contributed by atoms with Crippen LogP contribution < -0.4 is 0 Å². The zero-order chi connectivity index (χ0) is 11.6. The highest BCUT2D eigenvalue weighted by Crippen LogP contribution is 2.52. The van der Waals surface area contributed by atoms with Gasteiger partial charge in [-0.15, -0.1) is 0 Å². The fraction of sp³-hybridized carbons (Fsp3) is 0.769. The van der Waals surface area contributed by atoms with Crippen LogP contribution in [0, 0.1) is 11.3 Å². The number of aliphatic hydroxyl groups excluding tert-OH is 1. The van der Waals surface area contributed by atoms with E-state index < -0.39 is 0 Å². The Labute approximate surface area is 97.9 Å². The van der Waals surface area contributed by atoms with Crippen LogP contribution in [0.1, 0.15) is 25.7 Å². The summed E-state index contributed by atoms with van der Waals surface area (Å²) in [5.41, 5.74) is 0.546. The molecule has 16 heavy (non-hydrogen) atoms. The molecular weight excluding hydrogens is 200 g/mol. The van der Waals surface area contributed by atoms with Gasteiger partial charge in [0.25, 0.3) is 0 Å². The lowest BCUT2D eigenvalue weighted by atomic mass is 9.58. The Morgan fingerprint density at radius 1 is 1.50 bits per heavy atom. The predicted molar refractivity (Wildman–Crippen MR) is 66.6 cm³/mol. The lowest BCUT2D eigenvalue weighted by Crippen LogP contribution is -2.49. The average Bonchev–Trinajstić information content (AvgIpc) is 2.28. The topological polar surface area (TPSA) is 35.8 Å². The van der Waals surface area contributed by atoms with Crippen LogP contribution in [0.15, 0.2) is 17.6 Å². The van der Waals surface area contributed by atoms with Gasteiger partial charge in [-0.25, -0.2) is 0 Å². The van der Waals surface area contributed by atoms with Crippen molar-refractivity contribution in [1.82, 2.24) is 4.90 Å². The second-order valence-electron chi connectivity index (χ2n) is 5.23. The molecule has 1 spiro atoms. The van der Waals surface area contributed by atoms with Crippen LogP contribution in [0.25, 0.3) is 0 Å². The second kappa shape index (κ2) is 4.58. The molecule has 3 nitrogen and oxygen atoms in total. The van der Waals surface area contributed by atoms with E-state index in [1.54, 1.807) is 0 Å². The van der Waals surface area contributed by atoms with E-state index >= 15 is 0 Å². The lowest BCUT2D eigenvalue weighted by molar-refractivity contribution is -0.0221. The number of likely N-dealkylation sites (tertiary alicyclic amines) is 1. The highest BCUT2D eigenvalue weighted by molar-refractivity contribution is 5.92. The van der Waals surface area contributed by atoms with Crippen molar-refractivity contribution in [3.8, 4) is 0 Å². The van der Waals surface area contributed by atoms with Crippen LogP contribution in [-0.4, -0.2) is 42.6 Å². The van der Waals surface area contributed by atoms with Crippen LogP contribution >= 0.6 is 0 Å². The van der Waals surface area contributed by atoms with Gasteiger partial charge in [-0.3, -0.25) is 4.99 Å². The summed E-state index contributed by atoms with van der Waals surface area (Å²) >= 11 is 0. The Morgan fingerprint density at radius 2 is 2.12 bits per heavy atom. The van der Waals surface area contributed by atoms with E-state index in [2.05, 4.69) is 16.5 Å². The molecule has 0 unspecified atom stereocenters. The molecule has 0 atom stereocenters. The molecular formula is C13H22N2O. The monoisotopic (exact) mass is 222 g/mol. The first-order valence-corrected chi connectivity index (χ1v) is 6.18. The summed E-state index contributed by atoms with van der Waals surface area (Å²) in [6.45, 7) is 6.36. The summed E-state index contributed by atoms with van der Waals surface area (Å²) in [4.78, 5) is 6.56. The molecule has 1 heterocycles. The van der Waals surface area contributed by atoms with Gasteiger partial charge in [0.2, 0.25) is 0 Å². The molecule has 0 radical (unpaired) electrons. The smallest absolute Gasteiger partial charge is 0.122 e. The molecule has 1 aliphatic heterocycles. The SMILES string of the molecule is C=CC(=NC)N1CCC2(CC1)CC(CO)C2. The maximum Gasteiger partial charge on any atom is 0.122 e. The minimum atomic E-state index is 0.375. The van der Waals surface area contributed by atoms with Crippen molar-refractivity contribution >= 4 is 5.84 Å². The third-order valence-electron chi connectivity index (χ3n) is 4.26. The van der Waals surface area contributed by atoms with E-state index in [4.69, 9.17) is 5.11 Å². The third-order valence-corrected chi connectivity index (χ3v) is 4.26. The fourth-order valence-corrected chi connectivity index (χ4v) is 3.27. The molecule has 2 fully saturated rings. The summed E-state index contributed by atoms with van der Waals surface area (Å²) in [6, 6.07) is 0. The van der Waals surface area contributed by atoms with Crippen LogP contribution in [0.3, 0.4) is 0 Å². The van der Waals surface area contributed by atoms with Crippen molar-refractivity contribution in [1.29, 1.82) is 0 Å². The fourth-order valence-electron chi connectivity index (χ4n) is 3.27. The van der Waals surface area contributed by atoms with Crippen molar-refractivity contribution in [3.05, 3.63) is 12.7 Å². The van der Waals surface area contributed by atoms with Crippen molar-refractivity contribution in [2.45, 2.75) is 25.7 Å². The van der Waals surface area contributed by atoms with E-state index in [0.717, 1.165) is 18.9 Å². The average molecular weight is 222 g/mol. The zero-order valence-corrected chi connectivity index (χ0v) is 10.2. The Bertz CT molecular complexity index is 282. The predicted octanol–water partition coefficient (Wildman–Crippen LogP) is 1.69. The number of rotatable bonds is 2. The number of aliphatic imine (C=N–C) groups is 1. The van der Waals surface area contributed by atoms with Crippen LogP contribution in [-0.2, 0) is 0 Å². The molecule has 2 aliphatic rings. The van der Waals surface area contributed by atoms with Gasteiger partial charge in [0.1, 0.15) is 5.84 Å². The maximum atomic E-state index is 9.07. The normalized spacial score (nSPS) is 25.6. The molecule has 1 saturated carbocycles. The van der Waals surface area contributed by atoms with Crippen LogP contribution in [0.2, 0.25) is 0 Å². The van der Waals surface area contributed by atoms with Gasteiger partial charge < -0.3 is 10.0 Å². The quantitative estimate of drug-likeness (QED) is 0.570. The molecule has 0 aromatic rings. The van der Waals surface area contributed by atoms with E-state index in [1.807, 2.05) is 13.1 Å². The van der Waals surface area contributed by atoms with E-state index in [1.165, 1.54) is 25.7 Å². The molecule has 0 aromatic carbocycles. The number of nitrogens with zero attached hydrogens (tertiary/aromatic N) is 2. The van der Waals surface area contributed by atoms with Gasteiger partial charge in [0, 0.05) is 26.7 Å². The highest BCUT2D eigenvalue weighted by atomic mass is 16.3. The van der Waals surface area contributed by atoms with Crippen molar-refractivity contribution in [2.24, 2.45) is 16.3 Å². The standard InChI is InChI=1S/C13H22N2O/c1-3-12(14-2)15-6-4-13(5-7-15)8-11(9-13)10-16/h3,11,16H,1,4-10H2,2H3. The molecule has 1 aliphatic carbocycles. The Morgan fingerprint density at radius 3 is 2.56 bits per heavy atom. The molecule has 0 amide bonds. The Hall–Kier alpha value is -0.830. The number of piperidine rings is 1. The molecule has 1 saturated heterocycles. The summed E-state index contributed by atoms with van der Waals surface area (Å²) in [6.07, 6.45) is 6.79. The number of hydrogen-bond acceptors (Lipinski definition) is 2. The van der Waals surface area contributed by atoms with Gasteiger partial charge in [-0.2, -0.15) is 0 Å². The minimum absolute atomic E-state index is 0.375.